The van der Waals surface area contributed by atoms with Crippen molar-refractivity contribution in [3.63, 3.8) is 0 Å². The number of halogens is 3. The number of β-amino-alcohol motifs (C(OH)–C–C–N with tert-alkyl or cyclic N) is 1. The van der Waals surface area contributed by atoms with E-state index in [1.807, 2.05) is 38.1 Å². The van der Waals surface area contributed by atoms with E-state index in [0.717, 1.165) is 23.3 Å². The van der Waals surface area contributed by atoms with E-state index in [0.29, 0.717) is 24.1 Å². The number of hydrogen-bond donors (Lipinski definition) is 4. The first-order chi connectivity index (χ1) is 16.9. The van der Waals surface area contributed by atoms with Crippen molar-refractivity contribution < 1.29 is 28.2 Å². The van der Waals surface area contributed by atoms with Crippen molar-refractivity contribution in [3.8, 4) is 5.75 Å². The van der Waals surface area contributed by atoms with Crippen molar-refractivity contribution in [1.29, 1.82) is 0 Å². The van der Waals surface area contributed by atoms with E-state index in [2.05, 4.69) is 10.6 Å². The summed E-state index contributed by atoms with van der Waals surface area (Å²) in [4.78, 5) is 12.4. The molecular weight excluding hydrogens is 469 g/mol. The Kier molecular flexibility index (Phi) is 8.76. The third-order valence-corrected chi connectivity index (χ3v) is 5.82. The normalized spacial score (nSPS) is 12.8. The molecule has 3 aromatic rings. The monoisotopic (exact) mass is 500 g/mol. The van der Waals surface area contributed by atoms with Crippen molar-refractivity contribution in [2.24, 2.45) is 0 Å². The molecule has 0 aliphatic carbocycles. The number of benzene rings is 3. The Hall–Kier alpha value is -3.36. The number of alkyl halides is 3. The van der Waals surface area contributed by atoms with E-state index in [-0.39, 0.29) is 30.2 Å². The van der Waals surface area contributed by atoms with E-state index in [4.69, 9.17) is 0 Å². The van der Waals surface area contributed by atoms with Crippen LogP contribution in [-0.4, -0.2) is 28.2 Å². The molecule has 0 saturated carbocycles. The number of carbonyl (C=O) groups excluding carboxylic acids is 1. The standard InChI is InChI=1S/C28H31F3N2O3/c1-27(2,33-18-25(35)22-8-12-24(34)13-9-22)16-21-5-3-4-20(14-21)15-26(36)32-17-19-6-10-23(11-7-19)28(29,30)31/h3-14,25,33-35H,15-18H2,1-2H3,(H,32,36). The van der Waals surface area contributed by atoms with Crippen molar-refractivity contribution in [3.05, 3.63) is 101 Å². The Morgan fingerprint density at radius 1 is 0.917 bits per heavy atom. The van der Waals surface area contributed by atoms with Gasteiger partial charge < -0.3 is 20.8 Å². The summed E-state index contributed by atoms with van der Waals surface area (Å²) in [5.41, 5.74) is 2.10. The van der Waals surface area contributed by atoms with Gasteiger partial charge in [0.25, 0.3) is 0 Å². The van der Waals surface area contributed by atoms with Gasteiger partial charge in [0, 0.05) is 18.6 Å². The number of aromatic hydroxyl groups is 1. The molecule has 5 nitrogen and oxygen atoms in total. The summed E-state index contributed by atoms with van der Waals surface area (Å²) in [5.74, 6) is -0.0751. The minimum absolute atomic E-state index is 0.146. The zero-order valence-corrected chi connectivity index (χ0v) is 20.3. The molecule has 1 atom stereocenters. The van der Waals surface area contributed by atoms with Crippen LogP contribution in [0.1, 0.15) is 47.8 Å². The Morgan fingerprint density at radius 3 is 2.19 bits per heavy atom. The van der Waals surface area contributed by atoms with Gasteiger partial charge in [0.2, 0.25) is 5.91 Å². The first-order valence-corrected chi connectivity index (χ1v) is 11.6. The second-order valence-electron chi connectivity index (χ2n) is 9.52. The minimum Gasteiger partial charge on any atom is -0.508 e. The molecule has 0 heterocycles. The van der Waals surface area contributed by atoms with Crippen LogP contribution in [0.25, 0.3) is 0 Å². The number of nitrogens with one attached hydrogen (secondary N) is 2. The van der Waals surface area contributed by atoms with Crippen LogP contribution in [0.5, 0.6) is 5.75 Å². The maximum atomic E-state index is 12.7. The summed E-state index contributed by atoms with van der Waals surface area (Å²) < 4.78 is 38.0. The summed E-state index contributed by atoms with van der Waals surface area (Å²) in [6, 6.07) is 18.8. The molecule has 192 valence electrons. The fourth-order valence-electron chi connectivity index (χ4n) is 3.87. The molecule has 3 aromatic carbocycles. The highest BCUT2D eigenvalue weighted by Crippen LogP contribution is 2.29. The maximum Gasteiger partial charge on any atom is 0.416 e. The molecular formula is C28H31F3N2O3. The molecule has 0 radical (unpaired) electrons. The molecule has 36 heavy (non-hydrogen) atoms. The zero-order valence-electron chi connectivity index (χ0n) is 20.3. The molecule has 8 heteroatoms. The second-order valence-corrected chi connectivity index (χ2v) is 9.52. The first-order valence-electron chi connectivity index (χ1n) is 11.6. The highest BCUT2D eigenvalue weighted by Gasteiger charge is 2.29. The van der Waals surface area contributed by atoms with Crippen LogP contribution in [0, 0.1) is 0 Å². The van der Waals surface area contributed by atoms with E-state index in [1.165, 1.54) is 24.3 Å². The lowest BCUT2D eigenvalue weighted by molar-refractivity contribution is -0.137. The largest absolute Gasteiger partial charge is 0.508 e. The lowest BCUT2D eigenvalue weighted by Crippen LogP contribution is -2.43. The van der Waals surface area contributed by atoms with Crippen LogP contribution < -0.4 is 10.6 Å². The number of aliphatic hydroxyl groups is 1. The van der Waals surface area contributed by atoms with Crippen molar-refractivity contribution in [2.45, 2.75) is 51.1 Å². The SMILES string of the molecule is CC(C)(Cc1cccc(CC(=O)NCc2ccc(C(F)(F)F)cc2)c1)NCC(O)c1ccc(O)cc1. The van der Waals surface area contributed by atoms with Gasteiger partial charge >= 0.3 is 6.18 Å². The van der Waals surface area contributed by atoms with Gasteiger partial charge in [0.05, 0.1) is 18.1 Å². The molecule has 0 aromatic heterocycles. The van der Waals surface area contributed by atoms with Gasteiger partial charge in [-0.25, -0.2) is 0 Å². The molecule has 1 unspecified atom stereocenters. The van der Waals surface area contributed by atoms with Crippen molar-refractivity contribution >= 4 is 5.91 Å². The molecule has 0 bridgehead atoms. The molecule has 0 saturated heterocycles. The Morgan fingerprint density at radius 2 is 1.56 bits per heavy atom. The number of rotatable bonds is 10. The average molecular weight is 501 g/mol. The topological polar surface area (TPSA) is 81.6 Å². The Labute approximate surface area is 209 Å². The van der Waals surface area contributed by atoms with Crippen LogP contribution in [0.2, 0.25) is 0 Å². The Bertz CT molecular complexity index is 1140. The van der Waals surface area contributed by atoms with Gasteiger partial charge in [0.1, 0.15) is 5.75 Å². The predicted octanol–water partition coefficient (Wildman–Crippen LogP) is 4.91. The molecule has 0 aliphatic rings. The number of phenolic OH excluding ortho intramolecular Hbond substituents is 1. The number of amides is 1. The predicted molar refractivity (Wildman–Crippen MR) is 132 cm³/mol. The summed E-state index contributed by atoms with van der Waals surface area (Å²) >= 11 is 0. The quantitative estimate of drug-likeness (QED) is 0.319. The third kappa shape index (κ3) is 8.39. The molecule has 0 spiro atoms. The van der Waals surface area contributed by atoms with Crippen LogP contribution in [0.3, 0.4) is 0 Å². The third-order valence-electron chi connectivity index (χ3n) is 5.82. The summed E-state index contributed by atoms with van der Waals surface area (Å²) in [6.45, 7) is 4.54. The molecule has 0 aliphatic heterocycles. The first kappa shape index (κ1) is 27.2. The van der Waals surface area contributed by atoms with E-state index < -0.39 is 17.8 Å². The van der Waals surface area contributed by atoms with Gasteiger partial charge in [-0.1, -0.05) is 48.5 Å². The average Bonchev–Trinajstić information content (AvgIpc) is 2.81. The van der Waals surface area contributed by atoms with Gasteiger partial charge in [-0.2, -0.15) is 13.2 Å². The number of phenols is 1. The highest BCUT2D eigenvalue weighted by atomic mass is 19.4. The van der Waals surface area contributed by atoms with Crippen molar-refractivity contribution in [1.82, 2.24) is 10.6 Å². The summed E-state index contributed by atoms with van der Waals surface area (Å²) in [6.07, 6.45) is -4.29. The second kappa shape index (κ2) is 11.6. The van der Waals surface area contributed by atoms with Gasteiger partial charge in [0.15, 0.2) is 0 Å². The van der Waals surface area contributed by atoms with E-state index >= 15 is 0 Å². The lowest BCUT2D eigenvalue weighted by atomic mass is 9.93. The number of carbonyl (C=O) groups is 1. The Balaban J connectivity index is 1.50. The number of hydrogen-bond acceptors (Lipinski definition) is 4. The highest BCUT2D eigenvalue weighted by molar-refractivity contribution is 5.78. The molecule has 4 N–H and O–H groups in total. The molecule has 0 fully saturated rings. The van der Waals surface area contributed by atoms with Gasteiger partial charge in [-0.3, -0.25) is 4.79 Å². The zero-order chi connectivity index (χ0) is 26.3. The molecule has 1 amide bonds. The maximum absolute atomic E-state index is 12.7. The van der Waals surface area contributed by atoms with E-state index in [9.17, 15) is 28.2 Å². The van der Waals surface area contributed by atoms with E-state index in [1.54, 1.807) is 12.1 Å². The molecule has 3 rings (SSSR count). The van der Waals surface area contributed by atoms with Crippen LogP contribution in [0.4, 0.5) is 13.2 Å². The van der Waals surface area contributed by atoms with Gasteiger partial charge in [-0.05, 0) is 66.8 Å². The minimum atomic E-state index is -4.39. The fraction of sp³-hybridized carbons (Fsp3) is 0.321. The smallest absolute Gasteiger partial charge is 0.416 e. The fourth-order valence-corrected chi connectivity index (χ4v) is 3.87. The summed E-state index contributed by atoms with van der Waals surface area (Å²) in [7, 11) is 0. The summed E-state index contributed by atoms with van der Waals surface area (Å²) in [5, 5.41) is 25.9. The van der Waals surface area contributed by atoms with Gasteiger partial charge in [-0.15, -0.1) is 0 Å². The van der Waals surface area contributed by atoms with Crippen LogP contribution in [0.15, 0.2) is 72.8 Å². The van der Waals surface area contributed by atoms with Crippen molar-refractivity contribution in [2.75, 3.05) is 6.54 Å². The van der Waals surface area contributed by atoms with Crippen LogP contribution in [-0.2, 0) is 30.4 Å². The number of aliphatic hydroxyl groups excluding tert-OH is 1. The van der Waals surface area contributed by atoms with Crippen LogP contribution >= 0.6 is 0 Å². The lowest BCUT2D eigenvalue weighted by Gasteiger charge is -2.28.